The van der Waals surface area contributed by atoms with Crippen molar-refractivity contribution in [1.82, 2.24) is 20.2 Å². The van der Waals surface area contributed by atoms with Crippen LogP contribution >= 0.6 is 0 Å². The van der Waals surface area contributed by atoms with E-state index >= 15 is 0 Å². The maximum atomic E-state index is 11.9. The summed E-state index contributed by atoms with van der Waals surface area (Å²) in [5.74, 6) is -0.229. The van der Waals surface area contributed by atoms with Crippen molar-refractivity contribution >= 4 is 12.0 Å². The molecule has 108 valence electrons. The average molecular weight is 278 g/mol. The summed E-state index contributed by atoms with van der Waals surface area (Å²) >= 11 is 0. The van der Waals surface area contributed by atoms with E-state index in [1.54, 1.807) is 11.8 Å². The minimum absolute atomic E-state index is 0.0511. The van der Waals surface area contributed by atoms with E-state index in [-0.39, 0.29) is 18.0 Å². The molecule has 20 heavy (non-hydrogen) atoms. The number of ether oxygens (including phenoxy) is 1. The summed E-state index contributed by atoms with van der Waals surface area (Å²) < 4.78 is 4.95. The molecule has 7 nitrogen and oxygen atoms in total. The van der Waals surface area contributed by atoms with Gasteiger partial charge in [-0.2, -0.15) is 0 Å². The Kier molecular flexibility index (Phi) is 4.86. The van der Waals surface area contributed by atoms with E-state index in [0.29, 0.717) is 38.2 Å². The second-order valence-corrected chi connectivity index (χ2v) is 4.52. The van der Waals surface area contributed by atoms with E-state index in [4.69, 9.17) is 4.74 Å². The van der Waals surface area contributed by atoms with Gasteiger partial charge in [0.2, 0.25) is 0 Å². The third-order valence-corrected chi connectivity index (χ3v) is 3.15. The topological polar surface area (TPSA) is 84.4 Å². The van der Waals surface area contributed by atoms with Crippen LogP contribution in [0.1, 0.15) is 30.3 Å². The second-order valence-electron chi connectivity index (χ2n) is 4.52. The molecular formula is C13H18N4O3. The predicted molar refractivity (Wildman–Crippen MR) is 71.1 cm³/mol. The maximum absolute atomic E-state index is 11.9. The molecule has 1 N–H and O–H groups in total. The van der Waals surface area contributed by atoms with Crippen molar-refractivity contribution in [3.8, 4) is 0 Å². The van der Waals surface area contributed by atoms with Crippen LogP contribution in [0.2, 0.25) is 0 Å². The largest absolute Gasteiger partial charge is 0.450 e. The fourth-order valence-corrected chi connectivity index (χ4v) is 2.10. The molecule has 1 fully saturated rings. The molecule has 0 unspecified atom stereocenters. The van der Waals surface area contributed by atoms with Gasteiger partial charge in [-0.05, 0) is 19.8 Å². The molecule has 2 amide bonds. The van der Waals surface area contributed by atoms with E-state index in [1.807, 2.05) is 0 Å². The Hall–Kier alpha value is -2.18. The van der Waals surface area contributed by atoms with Crippen molar-refractivity contribution in [2.75, 3.05) is 19.7 Å². The third kappa shape index (κ3) is 3.66. The Morgan fingerprint density at radius 1 is 1.40 bits per heavy atom. The molecule has 0 aliphatic carbocycles. The van der Waals surface area contributed by atoms with E-state index in [9.17, 15) is 9.59 Å². The maximum Gasteiger partial charge on any atom is 0.409 e. The van der Waals surface area contributed by atoms with Crippen molar-refractivity contribution in [2.24, 2.45) is 0 Å². The fraction of sp³-hybridized carbons (Fsp3) is 0.538. The van der Waals surface area contributed by atoms with Crippen LogP contribution in [0.15, 0.2) is 18.6 Å². The van der Waals surface area contributed by atoms with Gasteiger partial charge in [0, 0.05) is 31.5 Å². The number of rotatable bonds is 3. The highest BCUT2D eigenvalue weighted by atomic mass is 16.6. The van der Waals surface area contributed by atoms with Gasteiger partial charge in [-0.1, -0.05) is 0 Å². The molecule has 1 aliphatic heterocycles. The molecule has 0 spiro atoms. The number of hydrogen-bond acceptors (Lipinski definition) is 5. The molecule has 0 aromatic carbocycles. The summed E-state index contributed by atoms with van der Waals surface area (Å²) in [5.41, 5.74) is 0.306. The number of carbonyl (C=O) groups is 2. The smallest absolute Gasteiger partial charge is 0.409 e. The fourth-order valence-electron chi connectivity index (χ4n) is 2.10. The first-order valence-electron chi connectivity index (χ1n) is 6.69. The molecule has 1 aliphatic rings. The number of likely N-dealkylation sites (tertiary alicyclic amines) is 1. The molecule has 0 saturated carbocycles. The average Bonchev–Trinajstić information content (AvgIpc) is 2.49. The van der Waals surface area contributed by atoms with Gasteiger partial charge in [0.05, 0.1) is 12.8 Å². The molecular weight excluding hydrogens is 260 g/mol. The first kappa shape index (κ1) is 14.2. The normalized spacial score (nSPS) is 15.8. The lowest BCUT2D eigenvalue weighted by Gasteiger charge is -2.31. The van der Waals surface area contributed by atoms with Gasteiger partial charge in [0.25, 0.3) is 5.91 Å². The van der Waals surface area contributed by atoms with Crippen LogP contribution in [0.5, 0.6) is 0 Å². The first-order chi connectivity index (χ1) is 9.70. The van der Waals surface area contributed by atoms with Gasteiger partial charge in [-0.15, -0.1) is 0 Å². The minimum atomic E-state index is -0.286. The number of aromatic nitrogens is 2. The summed E-state index contributed by atoms with van der Waals surface area (Å²) in [6.45, 7) is 3.34. The highest BCUT2D eigenvalue weighted by Crippen LogP contribution is 2.12. The summed E-state index contributed by atoms with van der Waals surface area (Å²) in [4.78, 5) is 32.9. The van der Waals surface area contributed by atoms with Gasteiger partial charge < -0.3 is 15.0 Å². The van der Waals surface area contributed by atoms with Crippen molar-refractivity contribution in [3.05, 3.63) is 24.3 Å². The highest BCUT2D eigenvalue weighted by molar-refractivity contribution is 5.92. The monoisotopic (exact) mass is 278 g/mol. The standard InChI is InChI=1S/C13H18N4O3/c1-2-20-13(19)17-7-3-10(4-8-17)16-12(18)11-9-14-5-6-15-11/h5-6,9-10H,2-4,7-8H2,1H3,(H,16,18). The van der Waals surface area contributed by atoms with Crippen molar-refractivity contribution in [2.45, 2.75) is 25.8 Å². The first-order valence-corrected chi connectivity index (χ1v) is 6.69. The van der Waals surface area contributed by atoms with Crippen LogP contribution in [-0.4, -0.2) is 52.6 Å². The second kappa shape index (κ2) is 6.83. The van der Waals surface area contributed by atoms with Crippen LogP contribution in [-0.2, 0) is 4.74 Å². The Labute approximate surface area is 117 Å². The molecule has 1 saturated heterocycles. The van der Waals surface area contributed by atoms with Crippen LogP contribution < -0.4 is 5.32 Å². The van der Waals surface area contributed by atoms with Crippen LogP contribution in [0.4, 0.5) is 4.79 Å². The number of nitrogens with zero attached hydrogens (tertiary/aromatic N) is 3. The Morgan fingerprint density at radius 2 is 2.15 bits per heavy atom. The summed E-state index contributed by atoms with van der Waals surface area (Å²) in [6.07, 6.45) is 5.58. The molecule has 1 aromatic heterocycles. The van der Waals surface area contributed by atoms with Gasteiger partial charge in [-0.25, -0.2) is 9.78 Å². The molecule has 7 heteroatoms. The Bertz CT molecular complexity index is 458. The predicted octanol–water partition coefficient (Wildman–Crippen LogP) is 0.827. The molecule has 0 radical (unpaired) electrons. The van der Waals surface area contributed by atoms with Gasteiger partial charge >= 0.3 is 6.09 Å². The zero-order valence-electron chi connectivity index (χ0n) is 11.4. The number of hydrogen-bond donors (Lipinski definition) is 1. The van der Waals surface area contributed by atoms with Crippen LogP contribution in [0, 0.1) is 0 Å². The van der Waals surface area contributed by atoms with Crippen molar-refractivity contribution < 1.29 is 14.3 Å². The third-order valence-electron chi connectivity index (χ3n) is 3.15. The quantitative estimate of drug-likeness (QED) is 0.885. The van der Waals surface area contributed by atoms with Crippen molar-refractivity contribution in [1.29, 1.82) is 0 Å². The SMILES string of the molecule is CCOC(=O)N1CCC(NC(=O)c2cnccn2)CC1. The molecule has 2 heterocycles. The van der Waals surface area contributed by atoms with Gasteiger partial charge in [-0.3, -0.25) is 9.78 Å². The van der Waals surface area contributed by atoms with Crippen molar-refractivity contribution in [3.63, 3.8) is 0 Å². The lowest BCUT2D eigenvalue weighted by Crippen LogP contribution is -2.46. The van der Waals surface area contributed by atoms with Crippen LogP contribution in [0.3, 0.4) is 0 Å². The zero-order valence-corrected chi connectivity index (χ0v) is 11.4. The van der Waals surface area contributed by atoms with E-state index in [2.05, 4.69) is 15.3 Å². The molecule has 1 aromatic rings. The van der Waals surface area contributed by atoms with E-state index in [0.717, 1.165) is 0 Å². The number of amides is 2. The summed E-state index contributed by atoms with van der Waals surface area (Å²) in [5, 5.41) is 2.91. The lowest BCUT2D eigenvalue weighted by molar-refractivity contribution is 0.0856. The molecule has 2 rings (SSSR count). The Morgan fingerprint density at radius 3 is 2.75 bits per heavy atom. The van der Waals surface area contributed by atoms with Gasteiger partial charge in [0.15, 0.2) is 0 Å². The number of carbonyl (C=O) groups excluding carboxylic acids is 2. The number of nitrogens with one attached hydrogen (secondary N) is 1. The summed E-state index contributed by atoms with van der Waals surface area (Å²) in [6, 6.07) is 0.0511. The highest BCUT2D eigenvalue weighted by Gasteiger charge is 2.24. The minimum Gasteiger partial charge on any atom is -0.450 e. The van der Waals surface area contributed by atoms with E-state index < -0.39 is 0 Å². The van der Waals surface area contributed by atoms with Crippen LogP contribution in [0.25, 0.3) is 0 Å². The summed E-state index contributed by atoms with van der Waals surface area (Å²) in [7, 11) is 0. The Balaban J connectivity index is 1.80. The lowest BCUT2D eigenvalue weighted by atomic mass is 10.1. The molecule has 0 bridgehead atoms. The van der Waals surface area contributed by atoms with Gasteiger partial charge in [0.1, 0.15) is 5.69 Å². The number of piperidine rings is 1. The molecule has 0 atom stereocenters. The zero-order chi connectivity index (χ0) is 14.4. The van der Waals surface area contributed by atoms with E-state index in [1.165, 1.54) is 18.6 Å².